The number of benzene rings is 1. The first kappa shape index (κ1) is 18.5. The van der Waals surface area contributed by atoms with E-state index in [1.54, 1.807) is 0 Å². The monoisotopic (exact) mass is 306 g/mol. The van der Waals surface area contributed by atoms with Crippen molar-refractivity contribution < 1.29 is 9.53 Å². The summed E-state index contributed by atoms with van der Waals surface area (Å²) >= 11 is 0. The zero-order chi connectivity index (χ0) is 16.4. The molecule has 1 aromatic rings. The van der Waals surface area contributed by atoms with Gasteiger partial charge in [-0.3, -0.25) is 4.90 Å². The molecule has 4 nitrogen and oxygen atoms in total. The summed E-state index contributed by atoms with van der Waals surface area (Å²) in [6.07, 6.45) is 1.72. The van der Waals surface area contributed by atoms with Gasteiger partial charge in [0.05, 0.1) is 0 Å². The third-order valence-corrected chi connectivity index (χ3v) is 3.11. The molecule has 0 atom stereocenters. The minimum Gasteiger partial charge on any atom is -0.444 e. The highest BCUT2D eigenvalue weighted by molar-refractivity contribution is 5.67. The van der Waals surface area contributed by atoms with Crippen molar-refractivity contribution >= 4 is 6.09 Å². The number of carbonyl (C=O) groups excluding carboxylic acids is 1. The lowest BCUT2D eigenvalue weighted by Gasteiger charge is -2.22. The molecule has 1 aromatic carbocycles. The van der Waals surface area contributed by atoms with E-state index in [0.29, 0.717) is 6.54 Å². The predicted molar refractivity (Wildman–Crippen MR) is 90.9 cm³/mol. The Balaban J connectivity index is 2.28. The highest BCUT2D eigenvalue weighted by Crippen LogP contribution is 2.07. The lowest BCUT2D eigenvalue weighted by molar-refractivity contribution is 0.0525. The maximum atomic E-state index is 11.6. The van der Waals surface area contributed by atoms with Crippen molar-refractivity contribution in [3.05, 3.63) is 35.9 Å². The number of ether oxygens (including phenoxy) is 1. The number of hydrogen-bond acceptors (Lipinski definition) is 3. The number of carbonyl (C=O) groups is 1. The minimum absolute atomic E-state index is 0.336. The Labute approximate surface area is 134 Å². The van der Waals surface area contributed by atoms with Crippen LogP contribution in [0.15, 0.2) is 30.3 Å². The van der Waals surface area contributed by atoms with E-state index in [4.69, 9.17) is 4.74 Å². The number of rotatable bonds is 8. The third kappa shape index (κ3) is 8.67. The maximum absolute atomic E-state index is 11.6. The van der Waals surface area contributed by atoms with Crippen LogP contribution in [0.1, 0.15) is 46.1 Å². The molecule has 0 radical (unpaired) electrons. The van der Waals surface area contributed by atoms with Crippen LogP contribution in [-0.4, -0.2) is 36.2 Å². The lowest BCUT2D eigenvalue weighted by atomic mass is 10.2. The molecule has 1 amide bonds. The molecule has 0 aliphatic carbocycles. The Kier molecular flexibility index (Phi) is 7.96. The van der Waals surface area contributed by atoms with Gasteiger partial charge in [0.25, 0.3) is 0 Å². The second-order valence-electron chi connectivity index (χ2n) is 6.54. The van der Waals surface area contributed by atoms with Crippen LogP contribution in [0.5, 0.6) is 0 Å². The molecule has 0 bridgehead atoms. The van der Waals surface area contributed by atoms with Crippen molar-refractivity contribution in [2.45, 2.75) is 52.7 Å². The van der Waals surface area contributed by atoms with E-state index in [1.807, 2.05) is 26.8 Å². The molecule has 0 spiro atoms. The summed E-state index contributed by atoms with van der Waals surface area (Å²) in [6.45, 7) is 11.4. The van der Waals surface area contributed by atoms with Gasteiger partial charge < -0.3 is 10.1 Å². The Morgan fingerprint density at radius 2 is 1.86 bits per heavy atom. The summed E-state index contributed by atoms with van der Waals surface area (Å²) in [5, 5.41) is 2.81. The largest absolute Gasteiger partial charge is 0.444 e. The standard InChI is InChI=1S/C18H30N2O2/c1-5-13-20(15-16-10-7-6-8-11-16)14-9-12-19-17(21)22-18(2,3)4/h6-8,10-11H,5,9,12-15H2,1-4H3,(H,19,21). The Morgan fingerprint density at radius 3 is 2.45 bits per heavy atom. The smallest absolute Gasteiger partial charge is 0.407 e. The number of amides is 1. The normalized spacial score (nSPS) is 11.5. The van der Waals surface area contributed by atoms with Crippen LogP contribution in [0.3, 0.4) is 0 Å². The summed E-state index contributed by atoms with van der Waals surface area (Å²) in [4.78, 5) is 14.0. The molecule has 0 fully saturated rings. The minimum atomic E-state index is -0.439. The zero-order valence-corrected chi connectivity index (χ0v) is 14.4. The van der Waals surface area contributed by atoms with Gasteiger partial charge in [0, 0.05) is 19.6 Å². The van der Waals surface area contributed by atoms with Crippen molar-refractivity contribution in [2.24, 2.45) is 0 Å². The summed E-state index contributed by atoms with van der Waals surface area (Å²) < 4.78 is 5.22. The molecule has 0 saturated heterocycles. The molecular weight excluding hydrogens is 276 g/mol. The van der Waals surface area contributed by atoms with Crippen LogP contribution >= 0.6 is 0 Å². The maximum Gasteiger partial charge on any atom is 0.407 e. The first-order valence-corrected chi connectivity index (χ1v) is 8.14. The van der Waals surface area contributed by atoms with Gasteiger partial charge in [0.1, 0.15) is 5.60 Å². The number of hydrogen-bond donors (Lipinski definition) is 1. The number of nitrogens with zero attached hydrogens (tertiary/aromatic N) is 1. The quantitative estimate of drug-likeness (QED) is 0.743. The van der Waals surface area contributed by atoms with Crippen molar-refractivity contribution in [1.82, 2.24) is 10.2 Å². The fraction of sp³-hybridized carbons (Fsp3) is 0.611. The van der Waals surface area contributed by atoms with Crippen molar-refractivity contribution in [3.63, 3.8) is 0 Å². The molecule has 0 aromatic heterocycles. The van der Waals surface area contributed by atoms with Crippen LogP contribution in [0.2, 0.25) is 0 Å². The van der Waals surface area contributed by atoms with E-state index in [2.05, 4.69) is 41.4 Å². The highest BCUT2D eigenvalue weighted by Gasteiger charge is 2.15. The molecule has 1 N–H and O–H groups in total. The van der Waals surface area contributed by atoms with Crippen LogP contribution in [-0.2, 0) is 11.3 Å². The average Bonchev–Trinajstić information content (AvgIpc) is 2.43. The van der Waals surface area contributed by atoms with Crippen LogP contribution in [0.25, 0.3) is 0 Å². The van der Waals surface area contributed by atoms with Gasteiger partial charge in [-0.25, -0.2) is 4.79 Å². The summed E-state index contributed by atoms with van der Waals surface area (Å²) in [7, 11) is 0. The van der Waals surface area contributed by atoms with E-state index in [1.165, 1.54) is 5.56 Å². The van der Waals surface area contributed by atoms with Gasteiger partial charge in [0.2, 0.25) is 0 Å². The van der Waals surface area contributed by atoms with Gasteiger partial charge in [-0.2, -0.15) is 0 Å². The number of alkyl carbamates (subject to hydrolysis) is 1. The van der Waals surface area contributed by atoms with Crippen molar-refractivity contribution in [2.75, 3.05) is 19.6 Å². The Bertz CT molecular complexity index is 426. The van der Waals surface area contributed by atoms with Gasteiger partial charge in [-0.1, -0.05) is 37.3 Å². The molecule has 0 saturated carbocycles. The second-order valence-corrected chi connectivity index (χ2v) is 6.54. The summed E-state index contributed by atoms with van der Waals surface area (Å²) in [6, 6.07) is 10.5. The third-order valence-electron chi connectivity index (χ3n) is 3.11. The molecule has 0 heterocycles. The topological polar surface area (TPSA) is 41.6 Å². The molecule has 124 valence electrons. The molecule has 22 heavy (non-hydrogen) atoms. The number of nitrogens with one attached hydrogen (secondary N) is 1. The Morgan fingerprint density at radius 1 is 1.18 bits per heavy atom. The molecule has 0 aliphatic heterocycles. The van der Waals surface area contributed by atoms with Gasteiger partial charge in [-0.15, -0.1) is 0 Å². The molecule has 0 aliphatic rings. The summed E-state index contributed by atoms with van der Waals surface area (Å²) in [5.74, 6) is 0. The zero-order valence-electron chi connectivity index (χ0n) is 14.4. The predicted octanol–water partition coefficient (Wildman–Crippen LogP) is 3.81. The first-order valence-electron chi connectivity index (χ1n) is 8.14. The van der Waals surface area contributed by atoms with Crippen molar-refractivity contribution in [3.8, 4) is 0 Å². The van der Waals surface area contributed by atoms with E-state index in [0.717, 1.165) is 32.5 Å². The molecule has 1 rings (SSSR count). The molecular formula is C18H30N2O2. The van der Waals surface area contributed by atoms with E-state index in [9.17, 15) is 4.79 Å². The van der Waals surface area contributed by atoms with Crippen LogP contribution < -0.4 is 5.32 Å². The highest BCUT2D eigenvalue weighted by atomic mass is 16.6. The van der Waals surface area contributed by atoms with Crippen molar-refractivity contribution in [1.29, 1.82) is 0 Å². The van der Waals surface area contributed by atoms with Crippen LogP contribution in [0, 0.1) is 0 Å². The van der Waals surface area contributed by atoms with E-state index < -0.39 is 5.60 Å². The lowest BCUT2D eigenvalue weighted by Crippen LogP contribution is -2.34. The fourth-order valence-corrected chi connectivity index (χ4v) is 2.24. The average molecular weight is 306 g/mol. The first-order chi connectivity index (χ1) is 10.4. The van der Waals surface area contributed by atoms with Crippen LogP contribution in [0.4, 0.5) is 4.79 Å². The van der Waals surface area contributed by atoms with E-state index in [-0.39, 0.29) is 6.09 Å². The Hall–Kier alpha value is -1.55. The van der Waals surface area contributed by atoms with Gasteiger partial charge >= 0.3 is 6.09 Å². The molecule has 4 heteroatoms. The summed E-state index contributed by atoms with van der Waals surface area (Å²) in [5.41, 5.74) is 0.891. The molecule has 0 unspecified atom stereocenters. The second kappa shape index (κ2) is 9.46. The van der Waals surface area contributed by atoms with Gasteiger partial charge in [-0.05, 0) is 45.7 Å². The van der Waals surface area contributed by atoms with E-state index >= 15 is 0 Å². The SMILES string of the molecule is CCCN(CCCNC(=O)OC(C)(C)C)Cc1ccccc1. The van der Waals surface area contributed by atoms with Gasteiger partial charge in [0.15, 0.2) is 0 Å². The fourth-order valence-electron chi connectivity index (χ4n) is 2.24.